The number of unbranched alkanes of at least 4 members (excludes halogenated alkanes) is 1. The van der Waals surface area contributed by atoms with Gasteiger partial charge in [-0.3, -0.25) is 9.79 Å². The van der Waals surface area contributed by atoms with E-state index in [9.17, 15) is 4.79 Å². The summed E-state index contributed by atoms with van der Waals surface area (Å²) in [4.78, 5) is 18.3. The van der Waals surface area contributed by atoms with Crippen molar-refractivity contribution in [1.29, 1.82) is 0 Å². The van der Waals surface area contributed by atoms with Crippen LogP contribution in [0, 0.1) is 6.92 Å². The summed E-state index contributed by atoms with van der Waals surface area (Å²) >= 11 is 6.06. The zero-order valence-corrected chi connectivity index (χ0v) is 15.5. The van der Waals surface area contributed by atoms with Crippen molar-refractivity contribution in [3.63, 3.8) is 0 Å². The Morgan fingerprint density at radius 1 is 1.46 bits per heavy atom. The van der Waals surface area contributed by atoms with Crippen molar-refractivity contribution in [3.8, 4) is 0 Å². The van der Waals surface area contributed by atoms with Crippen molar-refractivity contribution in [2.24, 2.45) is 4.99 Å². The second-order valence-corrected chi connectivity index (χ2v) is 5.94. The van der Waals surface area contributed by atoms with Crippen LogP contribution in [0.5, 0.6) is 0 Å². The van der Waals surface area contributed by atoms with Crippen LogP contribution in [0.25, 0.3) is 0 Å². The Morgan fingerprint density at radius 3 is 2.88 bits per heavy atom. The minimum atomic E-state index is -0.0577. The summed E-state index contributed by atoms with van der Waals surface area (Å²) in [6, 6.07) is 5.47. The first kappa shape index (κ1) is 20.0. The highest BCUT2D eigenvalue weighted by Crippen LogP contribution is 2.22. The minimum Gasteiger partial charge on any atom is -0.356 e. The van der Waals surface area contributed by atoms with Crippen molar-refractivity contribution >= 4 is 29.2 Å². The van der Waals surface area contributed by atoms with Gasteiger partial charge < -0.3 is 15.5 Å². The Morgan fingerprint density at radius 2 is 2.21 bits per heavy atom. The third-order valence-corrected chi connectivity index (χ3v) is 4.06. The third kappa shape index (κ3) is 6.62. The number of halogens is 1. The molecule has 0 aliphatic carbocycles. The van der Waals surface area contributed by atoms with Crippen molar-refractivity contribution < 1.29 is 4.79 Å². The molecule has 24 heavy (non-hydrogen) atoms. The average Bonchev–Trinajstić information content (AvgIpc) is 2.56. The van der Waals surface area contributed by atoms with Gasteiger partial charge in [-0.25, -0.2) is 0 Å². The van der Waals surface area contributed by atoms with Crippen molar-refractivity contribution in [1.82, 2.24) is 10.2 Å². The monoisotopic (exact) mass is 350 g/mol. The summed E-state index contributed by atoms with van der Waals surface area (Å²) in [7, 11) is 3.72. The molecule has 0 radical (unpaired) electrons. The van der Waals surface area contributed by atoms with E-state index in [2.05, 4.69) is 22.2 Å². The molecule has 0 aliphatic rings. The second-order valence-electron chi connectivity index (χ2n) is 5.54. The molecule has 0 aliphatic heterocycles. The molecule has 0 spiro atoms. The van der Waals surface area contributed by atoms with Crippen LogP contribution in [-0.4, -0.2) is 44.0 Å². The Hall–Kier alpha value is -2.01. The first-order valence-electron chi connectivity index (χ1n) is 8.07. The number of allylic oxidation sites excluding steroid dienone is 1. The molecular formula is C18H27ClN4O. The maximum absolute atomic E-state index is 12.1. The Kier molecular flexibility index (Phi) is 8.94. The second kappa shape index (κ2) is 10.7. The van der Waals surface area contributed by atoms with Crippen LogP contribution in [-0.2, 0) is 4.79 Å². The number of nitrogens with zero attached hydrogens (tertiary/aromatic N) is 2. The van der Waals surface area contributed by atoms with Crippen LogP contribution in [0.1, 0.15) is 24.8 Å². The van der Waals surface area contributed by atoms with Gasteiger partial charge in [-0.05, 0) is 37.5 Å². The highest BCUT2D eigenvalue weighted by atomic mass is 35.5. The van der Waals surface area contributed by atoms with E-state index in [1.165, 1.54) is 0 Å². The van der Waals surface area contributed by atoms with Gasteiger partial charge in [0.2, 0.25) is 5.91 Å². The molecule has 0 saturated heterocycles. The number of nitrogens with one attached hydrogen (secondary N) is 2. The molecule has 0 saturated carbocycles. The van der Waals surface area contributed by atoms with E-state index in [-0.39, 0.29) is 5.91 Å². The van der Waals surface area contributed by atoms with Crippen molar-refractivity contribution in [2.75, 3.05) is 32.5 Å². The number of hydrogen-bond donors (Lipinski definition) is 2. The summed E-state index contributed by atoms with van der Waals surface area (Å²) in [5, 5.41) is 6.73. The number of hydrogen-bond acceptors (Lipinski definition) is 2. The van der Waals surface area contributed by atoms with Crippen LogP contribution >= 0.6 is 11.6 Å². The molecule has 1 aromatic rings. The molecule has 2 N–H and O–H groups in total. The molecule has 6 heteroatoms. The largest absolute Gasteiger partial charge is 0.356 e. The summed E-state index contributed by atoms with van der Waals surface area (Å²) in [6.07, 6.45) is 4.26. The normalized spacial score (nSPS) is 11.1. The number of aliphatic imine (C=N–C) groups is 1. The lowest BCUT2D eigenvalue weighted by atomic mass is 10.2. The lowest BCUT2D eigenvalue weighted by molar-refractivity contribution is -0.116. The zero-order valence-electron chi connectivity index (χ0n) is 14.7. The molecule has 0 atom stereocenters. The molecule has 132 valence electrons. The number of anilines is 1. The molecule has 1 amide bonds. The Labute approximate surface area is 149 Å². The van der Waals surface area contributed by atoms with Gasteiger partial charge in [-0.15, -0.1) is 6.58 Å². The molecule has 0 bridgehead atoms. The highest BCUT2D eigenvalue weighted by molar-refractivity contribution is 6.31. The molecule has 0 heterocycles. The summed E-state index contributed by atoms with van der Waals surface area (Å²) in [6.45, 7) is 7.01. The van der Waals surface area contributed by atoms with Gasteiger partial charge in [0.1, 0.15) is 0 Å². The maximum atomic E-state index is 12.1. The fourth-order valence-electron chi connectivity index (χ4n) is 2.21. The van der Waals surface area contributed by atoms with Crippen LogP contribution in [0.4, 0.5) is 5.69 Å². The molecule has 1 aromatic carbocycles. The number of carbonyl (C=O) groups is 1. The van der Waals surface area contributed by atoms with Gasteiger partial charge in [-0.1, -0.05) is 23.7 Å². The van der Waals surface area contributed by atoms with Gasteiger partial charge in [0.05, 0.1) is 0 Å². The standard InChI is InChI=1S/C18H27ClN4O/c1-5-6-7-13-23(4)18(20-3)21-12-11-17(24)22-16-10-8-9-15(19)14(16)2/h5,8-10H,1,6-7,11-13H2,2-4H3,(H,20,21)(H,22,24). The minimum absolute atomic E-state index is 0.0577. The van der Waals surface area contributed by atoms with E-state index >= 15 is 0 Å². The topological polar surface area (TPSA) is 56.7 Å². The van der Waals surface area contributed by atoms with Crippen molar-refractivity contribution in [3.05, 3.63) is 41.4 Å². The number of rotatable bonds is 8. The van der Waals surface area contributed by atoms with E-state index in [0.29, 0.717) is 18.0 Å². The summed E-state index contributed by atoms with van der Waals surface area (Å²) in [5.41, 5.74) is 1.62. The van der Waals surface area contributed by atoms with E-state index < -0.39 is 0 Å². The van der Waals surface area contributed by atoms with Crippen LogP contribution in [0.3, 0.4) is 0 Å². The quantitative estimate of drug-likeness (QED) is 0.327. The lowest BCUT2D eigenvalue weighted by Crippen LogP contribution is -2.40. The van der Waals surface area contributed by atoms with Gasteiger partial charge >= 0.3 is 0 Å². The smallest absolute Gasteiger partial charge is 0.226 e. The maximum Gasteiger partial charge on any atom is 0.226 e. The number of benzene rings is 1. The SMILES string of the molecule is C=CCCCN(C)C(=NC)NCCC(=O)Nc1cccc(Cl)c1C. The molecular weight excluding hydrogens is 324 g/mol. The van der Waals surface area contributed by atoms with Gasteiger partial charge in [-0.2, -0.15) is 0 Å². The first-order chi connectivity index (χ1) is 11.5. The van der Waals surface area contributed by atoms with Gasteiger partial charge in [0.25, 0.3) is 0 Å². The number of carbonyl (C=O) groups excluding carboxylic acids is 1. The lowest BCUT2D eigenvalue weighted by Gasteiger charge is -2.21. The van der Waals surface area contributed by atoms with Crippen LogP contribution in [0.2, 0.25) is 5.02 Å². The van der Waals surface area contributed by atoms with Gasteiger partial charge in [0.15, 0.2) is 5.96 Å². The molecule has 0 unspecified atom stereocenters. The zero-order chi connectivity index (χ0) is 17.9. The number of guanidine groups is 1. The predicted octanol–water partition coefficient (Wildman–Crippen LogP) is 3.45. The molecule has 5 nitrogen and oxygen atoms in total. The van der Waals surface area contributed by atoms with E-state index in [1.807, 2.05) is 37.1 Å². The Balaban J connectivity index is 2.41. The van der Waals surface area contributed by atoms with E-state index in [0.717, 1.165) is 36.6 Å². The fraction of sp³-hybridized carbons (Fsp3) is 0.444. The van der Waals surface area contributed by atoms with Crippen molar-refractivity contribution in [2.45, 2.75) is 26.2 Å². The van der Waals surface area contributed by atoms with Crippen LogP contribution < -0.4 is 10.6 Å². The third-order valence-electron chi connectivity index (χ3n) is 3.65. The molecule has 0 aromatic heterocycles. The average molecular weight is 351 g/mol. The number of amides is 1. The Bertz CT molecular complexity index is 586. The molecule has 1 rings (SSSR count). The van der Waals surface area contributed by atoms with Gasteiger partial charge in [0, 0.05) is 44.3 Å². The van der Waals surface area contributed by atoms with E-state index in [4.69, 9.17) is 11.6 Å². The first-order valence-corrected chi connectivity index (χ1v) is 8.45. The van der Waals surface area contributed by atoms with E-state index in [1.54, 1.807) is 13.1 Å². The fourth-order valence-corrected chi connectivity index (χ4v) is 2.38. The van der Waals surface area contributed by atoms with Crippen LogP contribution in [0.15, 0.2) is 35.8 Å². The highest BCUT2D eigenvalue weighted by Gasteiger charge is 2.08. The predicted molar refractivity (Wildman–Crippen MR) is 103 cm³/mol. The molecule has 0 fully saturated rings. The summed E-state index contributed by atoms with van der Waals surface area (Å²) in [5.74, 6) is 0.725. The summed E-state index contributed by atoms with van der Waals surface area (Å²) < 4.78 is 0.